The maximum atomic E-state index is 13.6. The van der Waals surface area contributed by atoms with E-state index in [1.807, 2.05) is 41.3 Å². The molecule has 1 aromatic carbocycles. The van der Waals surface area contributed by atoms with E-state index in [1.54, 1.807) is 6.26 Å². The zero-order valence-corrected chi connectivity index (χ0v) is 16.4. The molecule has 1 saturated heterocycles. The SMILES string of the molecule is NC1CCN(C(=O)c2c3c(nc4ccccc24)/C(=C\c2ccco2)CCC3)CC1. The number of rotatable bonds is 2. The van der Waals surface area contributed by atoms with E-state index >= 15 is 0 Å². The Hall–Kier alpha value is -2.92. The van der Waals surface area contributed by atoms with Crippen LogP contribution in [-0.2, 0) is 6.42 Å². The van der Waals surface area contributed by atoms with Crippen LogP contribution in [-0.4, -0.2) is 34.9 Å². The van der Waals surface area contributed by atoms with E-state index in [4.69, 9.17) is 15.1 Å². The summed E-state index contributed by atoms with van der Waals surface area (Å²) in [5.74, 6) is 0.937. The Labute approximate surface area is 170 Å². The Kier molecular flexibility index (Phi) is 4.68. The molecule has 0 unspecified atom stereocenters. The number of pyridine rings is 1. The molecule has 2 N–H and O–H groups in total. The molecule has 2 aliphatic rings. The summed E-state index contributed by atoms with van der Waals surface area (Å²) in [7, 11) is 0. The number of carbonyl (C=O) groups excluding carboxylic acids is 1. The number of likely N-dealkylation sites (tertiary alicyclic amines) is 1. The highest BCUT2D eigenvalue weighted by Gasteiger charge is 2.29. The Morgan fingerprint density at radius 1 is 1.14 bits per heavy atom. The van der Waals surface area contributed by atoms with Crippen molar-refractivity contribution < 1.29 is 9.21 Å². The largest absolute Gasteiger partial charge is 0.465 e. The third kappa shape index (κ3) is 3.36. The molecule has 148 valence electrons. The lowest BCUT2D eigenvalue weighted by molar-refractivity contribution is 0.0715. The average Bonchev–Trinajstić information content (AvgIpc) is 3.26. The van der Waals surface area contributed by atoms with Crippen LogP contribution in [0.3, 0.4) is 0 Å². The Morgan fingerprint density at radius 2 is 1.97 bits per heavy atom. The molecule has 0 bridgehead atoms. The van der Waals surface area contributed by atoms with Crippen molar-refractivity contribution in [2.75, 3.05) is 13.1 Å². The van der Waals surface area contributed by atoms with Gasteiger partial charge in [0.1, 0.15) is 5.76 Å². The van der Waals surface area contributed by atoms with Gasteiger partial charge < -0.3 is 15.1 Å². The molecule has 1 aliphatic heterocycles. The molecule has 1 fully saturated rings. The standard InChI is InChI=1S/C24H25N3O2/c25-17-10-12-27(13-11-17)24(28)22-19-7-1-2-9-21(19)26-23-16(5-3-8-20(22)23)15-18-6-4-14-29-18/h1-2,4,6-7,9,14-15,17H,3,5,8,10-13,25H2/b16-15-. The summed E-state index contributed by atoms with van der Waals surface area (Å²) >= 11 is 0. The summed E-state index contributed by atoms with van der Waals surface area (Å²) in [4.78, 5) is 20.6. The number of furan rings is 1. The fourth-order valence-corrected chi connectivity index (χ4v) is 4.53. The minimum Gasteiger partial charge on any atom is -0.465 e. The molecule has 1 aliphatic carbocycles. The molecule has 5 rings (SSSR count). The predicted molar refractivity (Wildman–Crippen MR) is 114 cm³/mol. The molecule has 3 heterocycles. The molecular formula is C24H25N3O2. The highest BCUT2D eigenvalue weighted by Crippen LogP contribution is 2.37. The number of nitrogens with two attached hydrogens (primary N) is 1. The van der Waals surface area contributed by atoms with Crippen LogP contribution < -0.4 is 5.73 Å². The average molecular weight is 387 g/mol. The quantitative estimate of drug-likeness (QED) is 0.713. The van der Waals surface area contributed by atoms with Crippen molar-refractivity contribution in [3.63, 3.8) is 0 Å². The molecule has 0 saturated carbocycles. The van der Waals surface area contributed by atoms with E-state index in [0.717, 1.165) is 84.3 Å². The smallest absolute Gasteiger partial charge is 0.254 e. The molecule has 1 amide bonds. The summed E-state index contributed by atoms with van der Waals surface area (Å²) in [6.07, 6.45) is 8.28. The van der Waals surface area contributed by atoms with Gasteiger partial charge in [-0.15, -0.1) is 0 Å². The van der Waals surface area contributed by atoms with E-state index < -0.39 is 0 Å². The lowest BCUT2D eigenvalue weighted by Crippen LogP contribution is -2.43. The second kappa shape index (κ2) is 7.48. The monoisotopic (exact) mass is 387 g/mol. The summed E-state index contributed by atoms with van der Waals surface area (Å²) in [5.41, 5.74) is 10.9. The van der Waals surface area contributed by atoms with Gasteiger partial charge in [0, 0.05) is 24.5 Å². The summed E-state index contributed by atoms with van der Waals surface area (Å²) in [6, 6.07) is 12.0. The number of aromatic nitrogens is 1. The third-order valence-corrected chi connectivity index (χ3v) is 6.07. The molecule has 5 heteroatoms. The number of benzene rings is 1. The van der Waals surface area contributed by atoms with Crippen molar-refractivity contribution in [3.8, 4) is 0 Å². The number of carbonyl (C=O) groups is 1. The minimum atomic E-state index is 0.117. The van der Waals surface area contributed by atoms with Crippen LogP contribution in [0, 0.1) is 0 Å². The number of nitrogens with zero attached hydrogens (tertiary/aromatic N) is 2. The van der Waals surface area contributed by atoms with E-state index in [1.165, 1.54) is 0 Å². The van der Waals surface area contributed by atoms with Crippen molar-refractivity contribution in [2.24, 2.45) is 5.73 Å². The Morgan fingerprint density at radius 3 is 2.76 bits per heavy atom. The highest BCUT2D eigenvalue weighted by molar-refractivity contribution is 6.09. The third-order valence-electron chi connectivity index (χ3n) is 6.07. The summed E-state index contributed by atoms with van der Waals surface area (Å²) in [6.45, 7) is 1.45. The number of para-hydroxylation sites is 1. The van der Waals surface area contributed by atoms with Crippen molar-refractivity contribution in [2.45, 2.75) is 38.1 Å². The van der Waals surface area contributed by atoms with Crippen LogP contribution in [0.2, 0.25) is 0 Å². The second-order valence-electron chi connectivity index (χ2n) is 8.00. The number of amides is 1. The topological polar surface area (TPSA) is 72.4 Å². The molecule has 0 atom stereocenters. The summed E-state index contributed by atoms with van der Waals surface area (Å²) < 4.78 is 5.53. The number of piperidine rings is 1. The normalized spacial score (nSPS) is 18.9. The van der Waals surface area contributed by atoms with Gasteiger partial charge in [0.25, 0.3) is 5.91 Å². The van der Waals surface area contributed by atoms with Crippen LogP contribution >= 0.6 is 0 Å². The molecular weight excluding hydrogens is 362 g/mol. The number of allylic oxidation sites excluding steroid dienone is 1. The number of hydrogen-bond donors (Lipinski definition) is 1. The Balaban J connectivity index is 1.66. The van der Waals surface area contributed by atoms with Gasteiger partial charge in [-0.25, -0.2) is 4.98 Å². The first kappa shape index (κ1) is 18.1. The van der Waals surface area contributed by atoms with Crippen LogP contribution in [0.1, 0.15) is 53.1 Å². The number of fused-ring (bicyclic) bond motifs is 2. The van der Waals surface area contributed by atoms with Crippen molar-refractivity contribution in [3.05, 3.63) is 65.2 Å². The Bertz CT molecular complexity index is 1080. The molecule has 3 aromatic rings. The predicted octanol–water partition coefficient (Wildman–Crippen LogP) is 4.27. The van der Waals surface area contributed by atoms with Gasteiger partial charge in [-0.05, 0) is 67.5 Å². The zero-order chi connectivity index (χ0) is 19.8. The van der Waals surface area contributed by atoms with Gasteiger partial charge in [0.05, 0.1) is 23.0 Å². The van der Waals surface area contributed by atoms with Gasteiger partial charge in [-0.1, -0.05) is 18.2 Å². The minimum absolute atomic E-state index is 0.117. The van der Waals surface area contributed by atoms with Gasteiger partial charge in [-0.3, -0.25) is 4.79 Å². The fraction of sp³-hybridized carbons (Fsp3) is 0.333. The first-order valence-electron chi connectivity index (χ1n) is 10.4. The first-order valence-corrected chi connectivity index (χ1v) is 10.4. The van der Waals surface area contributed by atoms with E-state index in [9.17, 15) is 4.79 Å². The highest BCUT2D eigenvalue weighted by atomic mass is 16.3. The van der Waals surface area contributed by atoms with Gasteiger partial charge in [-0.2, -0.15) is 0 Å². The van der Waals surface area contributed by atoms with Crippen LogP contribution in [0.15, 0.2) is 47.1 Å². The zero-order valence-electron chi connectivity index (χ0n) is 16.4. The summed E-state index contributed by atoms with van der Waals surface area (Å²) in [5, 5.41) is 0.949. The fourth-order valence-electron chi connectivity index (χ4n) is 4.53. The first-order chi connectivity index (χ1) is 14.2. The molecule has 0 spiro atoms. The van der Waals surface area contributed by atoms with Gasteiger partial charge in [0.15, 0.2) is 0 Å². The van der Waals surface area contributed by atoms with Crippen LogP contribution in [0.5, 0.6) is 0 Å². The van der Waals surface area contributed by atoms with Crippen LogP contribution in [0.25, 0.3) is 22.6 Å². The molecule has 2 aromatic heterocycles. The lowest BCUT2D eigenvalue weighted by atomic mass is 9.85. The molecule has 5 nitrogen and oxygen atoms in total. The molecule has 29 heavy (non-hydrogen) atoms. The van der Waals surface area contributed by atoms with Gasteiger partial charge in [0.2, 0.25) is 0 Å². The van der Waals surface area contributed by atoms with Crippen molar-refractivity contribution >= 4 is 28.5 Å². The van der Waals surface area contributed by atoms with Crippen molar-refractivity contribution in [1.29, 1.82) is 0 Å². The number of hydrogen-bond acceptors (Lipinski definition) is 4. The van der Waals surface area contributed by atoms with Gasteiger partial charge >= 0.3 is 0 Å². The maximum Gasteiger partial charge on any atom is 0.254 e. The van der Waals surface area contributed by atoms with E-state index in [-0.39, 0.29) is 11.9 Å². The maximum absolute atomic E-state index is 13.6. The van der Waals surface area contributed by atoms with E-state index in [0.29, 0.717) is 0 Å². The van der Waals surface area contributed by atoms with Crippen LogP contribution in [0.4, 0.5) is 0 Å². The second-order valence-corrected chi connectivity index (χ2v) is 8.00. The molecule has 0 radical (unpaired) electrons. The van der Waals surface area contributed by atoms with Crippen molar-refractivity contribution in [1.82, 2.24) is 9.88 Å². The van der Waals surface area contributed by atoms with E-state index in [2.05, 4.69) is 6.08 Å². The lowest BCUT2D eigenvalue weighted by Gasteiger charge is -2.32.